The molecule has 0 aliphatic carbocycles. The van der Waals surface area contributed by atoms with Crippen molar-refractivity contribution in [3.05, 3.63) is 29.3 Å². The average molecular weight is 350 g/mol. The van der Waals surface area contributed by atoms with Crippen molar-refractivity contribution >= 4 is 29.1 Å². The van der Waals surface area contributed by atoms with Gasteiger partial charge in [0.05, 0.1) is 23.3 Å². The SMILES string of the molecule is CN(CC(=O)N1CCCCC1)[C@@H]1CCN(c2ccccc2Cl)C1=O. The number of likely N-dealkylation sites (N-methyl/N-ethyl adjacent to an activating group) is 1. The summed E-state index contributed by atoms with van der Waals surface area (Å²) in [6.07, 6.45) is 4.08. The molecule has 2 aliphatic heterocycles. The summed E-state index contributed by atoms with van der Waals surface area (Å²) in [7, 11) is 1.86. The third-order valence-electron chi connectivity index (χ3n) is 4.95. The van der Waals surface area contributed by atoms with Crippen LogP contribution in [0.3, 0.4) is 0 Å². The van der Waals surface area contributed by atoms with Gasteiger partial charge in [0, 0.05) is 19.6 Å². The monoisotopic (exact) mass is 349 g/mol. The molecule has 0 aromatic heterocycles. The maximum absolute atomic E-state index is 12.8. The molecule has 0 spiro atoms. The van der Waals surface area contributed by atoms with E-state index in [1.165, 1.54) is 6.42 Å². The van der Waals surface area contributed by atoms with Gasteiger partial charge < -0.3 is 9.80 Å². The minimum absolute atomic E-state index is 0.0250. The van der Waals surface area contributed by atoms with E-state index in [9.17, 15) is 9.59 Å². The Bertz CT molecular complexity index is 616. The topological polar surface area (TPSA) is 43.9 Å². The lowest BCUT2D eigenvalue weighted by Crippen LogP contribution is -2.47. The van der Waals surface area contributed by atoms with Crippen molar-refractivity contribution in [1.82, 2.24) is 9.80 Å². The van der Waals surface area contributed by atoms with Gasteiger partial charge in [-0.25, -0.2) is 0 Å². The number of carbonyl (C=O) groups is 2. The minimum atomic E-state index is -0.255. The van der Waals surface area contributed by atoms with Crippen LogP contribution in [-0.4, -0.2) is 60.9 Å². The zero-order chi connectivity index (χ0) is 17.1. The molecule has 2 fully saturated rings. The minimum Gasteiger partial charge on any atom is -0.342 e. The molecule has 2 amide bonds. The fraction of sp³-hybridized carbons (Fsp3) is 0.556. The Balaban J connectivity index is 1.62. The number of amides is 2. The van der Waals surface area contributed by atoms with Crippen LogP contribution in [0.5, 0.6) is 0 Å². The van der Waals surface area contributed by atoms with Crippen LogP contribution in [-0.2, 0) is 9.59 Å². The molecular weight excluding hydrogens is 326 g/mol. The van der Waals surface area contributed by atoms with E-state index in [1.807, 2.05) is 35.0 Å². The third-order valence-corrected chi connectivity index (χ3v) is 5.27. The molecule has 3 rings (SSSR count). The summed E-state index contributed by atoms with van der Waals surface area (Å²) in [5, 5.41) is 0.582. The molecule has 0 unspecified atom stereocenters. The van der Waals surface area contributed by atoms with Crippen molar-refractivity contribution in [2.45, 2.75) is 31.7 Å². The van der Waals surface area contributed by atoms with Gasteiger partial charge in [-0.1, -0.05) is 23.7 Å². The van der Waals surface area contributed by atoms with Crippen molar-refractivity contribution in [3.63, 3.8) is 0 Å². The standard InChI is InChI=1S/C18H24ClN3O2/c1-20(13-17(23)21-10-5-2-6-11-21)16-9-12-22(18(16)24)15-8-4-3-7-14(15)19/h3-4,7-8,16H,2,5-6,9-13H2,1H3/t16-/m1/s1. The molecule has 2 saturated heterocycles. The second-order valence-corrected chi connectivity index (χ2v) is 7.01. The number of para-hydroxylation sites is 1. The van der Waals surface area contributed by atoms with Crippen LogP contribution in [0.1, 0.15) is 25.7 Å². The van der Waals surface area contributed by atoms with Gasteiger partial charge in [-0.3, -0.25) is 14.5 Å². The largest absolute Gasteiger partial charge is 0.342 e. The number of piperidine rings is 1. The van der Waals surface area contributed by atoms with Crippen molar-refractivity contribution < 1.29 is 9.59 Å². The molecule has 5 nitrogen and oxygen atoms in total. The Labute approximate surface area is 148 Å². The maximum atomic E-state index is 12.8. The lowest BCUT2D eigenvalue weighted by Gasteiger charge is -2.30. The molecule has 0 bridgehead atoms. The molecule has 6 heteroatoms. The lowest BCUT2D eigenvalue weighted by atomic mass is 10.1. The Morgan fingerprint density at radius 2 is 1.92 bits per heavy atom. The highest BCUT2D eigenvalue weighted by Crippen LogP contribution is 2.30. The highest BCUT2D eigenvalue weighted by atomic mass is 35.5. The maximum Gasteiger partial charge on any atom is 0.244 e. The number of rotatable bonds is 4. The van der Waals surface area contributed by atoms with Crippen LogP contribution in [0.25, 0.3) is 0 Å². The van der Waals surface area contributed by atoms with Crippen molar-refractivity contribution in [1.29, 1.82) is 0 Å². The molecule has 2 aliphatic rings. The second-order valence-electron chi connectivity index (χ2n) is 6.60. The van der Waals surface area contributed by atoms with Gasteiger partial charge in [0.2, 0.25) is 11.8 Å². The fourth-order valence-corrected chi connectivity index (χ4v) is 3.79. The molecule has 0 N–H and O–H groups in total. The predicted octanol–water partition coefficient (Wildman–Crippen LogP) is 2.39. The normalized spacial score (nSPS) is 21.6. The summed E-state index contributed by atoms with van der Waals surface area (Å²) >= 11 is 6.21. The highest BCUT2D eigenvalue weighted by molar-refractivity contribution is 6.33. The van der Waals surface area contributed by atoms with Crippen molar-refractivity contribution in [2.75, 3.05) is 38.1 Å². The van der Waals surface area contributed by atoms with E-state index in [2.05, 4.69) is 0 Å². The zero-order valence-corrected chi connectivity index (χ0v) is 14.8. The van der Waals surface area contributed by atoms with Crippen molar-refractivity contribution in [3.8, 4) is 0 Å². The number of carbonyl (C=O) groups excluding carboxylic acids is 2. The quantitative estimate of drug-likeness (QED) is 0.838. The summed E-state index contributed by atoms with van der Waals surface area (Å²) in [5.41, 5.74) is 0.752. The average Bonchev–Trinajstić information content (AvgIpc) is 2.97. The van der Waals surface area contributed by atoms with Gasteiger partial charge >= 0.3 is 0 Å². The molecule has 2 heterocycles. The van der Waals surface area contributed by atoms with Crippen LogP contribution in [0.4, 0.5) is 5.69 Å². The second kappa shape index (κ2) is 7.53. The first-order chi connectivity index (χ1) is 11.6. The van der Waals surface area contributed by atoms with E-state index in [1.54, 1.807) is 11.0 Å². The summed E-state index contributed by atoms with van der Waals surface area (Å²) in [6, 6.07) is 7.14. The summed E-state index contributed by atoms with van der Waals surface area (Å²) < 4.78 is 0. The Morgan fingerprint density at radius 3 is 2.62 bits per heavy atom. The number of hydrogen-bond acceptors (Lipinski definition) is 3. The number of likely N-dealkylation sites (tertiary alicyclic amines) is 1. The van der Waals surface area contributed by atoms with E-state index < -0.39 is 0 Å². The Hall–Kier alpha value is -1.59. The summed E-state index contributed by atoms with van der Waals surface area (Å²) in [4.78, 5) is 30.7. The number of nitrogens with zero attached hydrogens (tertiary/aromatic N) is 3. The van der Waals surface area contributed by atoms with E-state index >= 15 is 0 Å². The molecule has 130 valence electrons. The van der Waals surface area contributed by atoms with Crippen LogP contribution >= 0.6 is 11.6 Å². The highest BCUT2D eigenvalue weighted by Gasteiger charge is 2.36. The van der Waals surface area contributed by atoms with E-state index in [4.69, 9.17) is 11.6 Å². The van der Waals surface area contributed by atoms with Gasteiger partial charge in [0.25, 0.3) is 0 Å². The van der Waals surface area contributed by atoms with Crippen LogP contribution in [0.2, 0.25) is 5.02 Å². The van der Waals surface area contributed by atoms with Crippen LogP contribution < -0.4 is 4.90 Å². The van der Waals surface area contributed by atoms with Crippen LogP contribution in [0, 0.1) is 0 Å². The molecule has 1 aromatic rings. The molecule has 1 aromatic carbocycles. The van der Waals surface area contributed by atoms with Crippen molar-refractivity contribution in [2.24, 2.45) is 0 Å². The smallest absolute Gasteiger partial charge is 0.244 e. The van der Waals surface area contributed by atoms with Gasteiger partial charge in [-0.05, 0) is 44.9 Å². The van der Waals surface area contributed by atoms with Gasteiger partial charge in [-0.2, -0.15) is 0 Å². The molecule has 0 saturated carbocycles. The predicted molar refractivity (Wildman–Crippen MR) is 95.3 cm³/mol. The molecule has 1 atom stereocenters. The number of hydrogen-bond donors (Lipinski definition) is 0. The molecule has 0 radical (unpaired) electrons. The van der Waals surface area contributed by atoms with Gasteiger partial charge in [0.15, 0.2) is 0 Å². The first kappa shape index (κ1) is 17.2. The molecular formula is C18H24ClN3O2. The van der Waals surface area contributed by atoms with E-state index in [0.717, 1.165) is 31.6 Å². The number of benzene rings is 1. The van der Waals surface area contributed by atoms with E-state index in [-0.39, 0.29) is 17.9 Å². The lowest BCUT2D eigenvalue weighted by molar-refractivity contribution is -0.134. The first-order valence-electron chi connectivity index (χ1n) is 8.62. The third kappa shape index (κ3) is 3.57. The number of halogens is 1. The zero-order valence-electron chi connectivity index (χ0n) is 14.1. The fourth-order valence-electron chi connectivity index (χ4n) is 3.55. The van der Waals surface area contributed by atoms with Gasteiger partial charge in [-0.15, -0.1) is 0 Å². The summed E-state index contributed by atoms with van der Waals surface area (Å²) in [6.45, 7) is 2.62. The Kier molecular flexibility index (Phi) is 5.41. The van der Waals surface area contributed by atoms with Gasteiger partial charge in [0.1, 0.15) is 0 Å². The molecule has 24 heavy (non-hydrogen) atoms. The van der Waals surface area contributed by atoms with Crippen LogP contribution in [0.15, 0.2) is 24.3 Å². The Morgan fingerprint density at radius 1 is 1.21 bits per heavy atom. The first-order valence-corrected chi connectivity index (χ1v) is 8.99. The number of anilines is 1. The van der Waals surface area contributed by atoms with E-state index in [0.29, 0.717) is 24.5 Å². The summed E-state index contributed by atoms with van der Waals surface area (Å²) in [5.74, 6) is 0.151.